The lowest BCUT2D eigenvalue weighted by atomic mass is 10.2. The summed E-state index contributed by atoms with van der Waals surface area (Å²) in [6.07, 6.45) is 1.63. The van der Waals surface area contributed by atoms with E-state index < -0.39 is 0 Å². The second-order valence-electron chi connectivity index (χ2n) is 3.41. The zero-order valence-corrected chi connectivity index (χ0v) is 12.0. The van der Waals surface area contributed by atoms with E-state index in [0.717, 1.165) is 14.5 Å². The summed E-state index contributed by atoms with van der Waals surface area (Å²) in [6, 6.07) is 8.06. The fourth-order valence-corrected chi connectivity index (χ4v) is 2.12. The predicted octanol–water partition coefficient (Wildman–Crippen LogP) is 3.20. The van der Waals surface area contributed by atoms with Crippen LogP contribution in [0.1, 0.15) is 5.56 Å². The Morgan fingerprint density at radius 2 is 2.12 bits per heavy atom. The van der Waals surface area contributed by atoms with E-state index in [0.29, 0.717) is 12.4 Å². The molecule has 2 rings (SSSR count). The zero-order chi connectivity index (χ0) is 12.3. The normalized spacial score (nSPS) is 10.2. The molecule has 3 N–H and O–H groups in total. The van der Waals surface area contributed by atoms with Gasteiger partial charge < -0.3 is 11.1 Å². The highest BCUT2D eigenvalue weighted by Gasteiger charge is 2.02. The maximum absolute atomic E-state index is 5.53. The van der Waals surface area contributed by atoms with Crippen LogP contribution in [0, 0.1) is 0 Å². The molecular weight excluding hydrogens is 348 g/mol. The summed E-state index contributed by atoms with van der Waals surface area (Å²) in [4.78, 5) is 7.99. The van der Waals surface area contributed by atoms with Gasteiger partial charge in [-0.05, 0) is 33.6 Å². The predicted molar refractivity (Wildman–Crippen MR) is 75.6 cm³/mol. The minimum atomic E-state index is 0.255. The molecule has 0 radical (unpaired) electrons. The second kappa shape index (κ2) is 5.46. The third kappa shape index (κ3) is 3.41. The number of hydrogen-bond acceptors (Lipinski definition) is 4. The van der Waals surface area contributed by atoms with E-state index in [1.165, 1.54) is 0 Å². The van der Waals surface area contributed by atoms with Gasteiger partial charge in [0.15, 0.2) is 0 Å². The molecule has 0 saturated carbocycles. The first-order valence-electron chi connectivity index (χ1n) is 4.91. The van der Waals surface area contributed by atoms with Gasteiger partial charge in [-0.25, -0.2) is 4.98 Å². The summed E-state index contributed by atoms with van der Waals surface area (Å²) in [5.74, 6) is 0.947. The lowest BCUT2D eigenvalue weighted by Gasteiger charge is -2.08. The van der Waals surface area contributed by atoms with Crippen molar-refractivity contribution < 1.29 is 0 Å². The highest BCUT2D eigenvalue weighted by molar-refractivity contribution is 9.10. The van der Waals surface area contributed by atoms with Crippen LogP contribution in [0.25, 0.3) is 0 Å². The fraction of sp³-hybridized carbons (Fsp3) is 0.0909. The van der Waals surface area contributed by atoms with Crippen LogP contribution >= 0.6 is 31.9 Å². The molecule has 0 fully saturated rings. The second-order valence-corrected chi connectivity index (χ2v) is 5.18. The molecule has 0 aliphatic carbocycles. The van der Waals surface area contributed by atoms with E-state index in [1.54, 1.807) is 6.20 Å². The van der Waals surface area contributed by atoms with Crippen molar-refractivity contribution in [2.24, 2.45) is 0 Å². The summed E-state index contributed by atoms with van der Waals surface area (Å²) in [6.45, 7) is 0.675. The molecular formula is C11H10Br2N4. The van der Waals surface area contributed by atoms with Gasteiger partial charge in [-0.15, -0.1) is 0 Å². The van der Waals surface area contributed by atoms with Crippen LogP contribution in [0.5, 0.6) is 0 Å². The fourth-order valence-electron chi connectivity index (χ4n) is 1.34. The average Bonchev–Trinajstić information content (AvgIpc) is 2.30. The molecule has 0 amide bonds. The molecule has 88 valence electrons. The minimum absolute atomic E-state index is 0.255. The number of hydrogen-bond donors (Lipinski definition) is 2. The first-order chi connectivity index (χ1) is 8.15. The van der Waals surface area contributed by atoms with Crippen LogP contribution in [0.15, 0.2) is 39.4 Å². The van der Waals surface area contributed by atoms with Gasteiger partial charge in [0.25, 0.3) is 0 Å². The molecule has 0 unspecified atom stereocenters. The number of anilines is 2. The number of nitrogens with one attached hydrogen (secondary N) is 1. The summed E-state index contributed by atoms with van der Waals surface area (Å²) in [5.41, 5.74) is 6.69. The van der Waals surface area contributed by atoms with Crippen LogP contribution in [-0.2, 0) is 6.54 Å². The third-order valence-corrected chi connectivity index (χ3v) is 3.19. The quantitative estimate of drug-likeness (QED) is 0.885. The first-order valence-corrected chi connectivity index (χ1v) is 6.50. The van der Waals surface area contributed by atoms with Gasteiger partial charge >= 0.3 is 0 Å². The standard InChI is InChI=1S/C11H10Br2N4/c12-8-3-1-2-7(4-8)5-15-10-9(13)6-16-11(14)17-10/h1-4,6H,5H2,(H3,14,15,16,17). The van der Waals surface area contributed by atoms with Crippen molar-refractivity contribution in [1.29, 1.82) is 0 Å². The van der Waals surface area contributed by atoms with Crippen molar-refractivity contribution in [3.63, 3.8) is 0 Å². The average molecular weight is 358 g/mol. The van der Waals surface area contributed by atoms with E-state index in [4.69, 9.17) is 5.73 Å². The number of nitrogen functional groups attached to an aromatic ring is 1. The molecule has 0 saturated heterocycles. The number of benzene rings is 1. The summed E-state index contributed by atoms with van der Waals surface area (Å²) in [7, 11) is 0. The van der Waals surface area contributed by atoms with E-state index in [-0.39, 0.29) is 5.95 Å². The Hall–Kier alpha value is -1.14. The zero-order valence-electron chi connectivity index (χ0n) is 8.82. The molecule has 0 aliphatic heterocycles. The van der Waals surface area contributed by atoms with Gasteiger partial charge in [0, 0.05) is 17.2 Å². The van der Waals surface area contributed by atoms with Crippen molar-refractivity contribution in [1.82, 2.24) is 9.97 Å². The smallest absolute Gasteiger partial charge is 0.221 e. The SMILES string of the molecule is Nc1ncc(Br)c(NCc2cccc(Br)c2)n1. The highest BCUT2D eigenvalue weighted by Crippen LogP contribution is 2.20. The Labute approximate surface area is 116 Å². The lowest BCUT2D eigenvalue weighted by Crippen LogP contribution is -2.04. The van der Waals surface area contributed by atoms with Gasteiger partial charge in [-0.1, -0.05) is 28.1 Å². The Bertz CT molecular complexity index is 531. The maximum Gasteiger partial charge on any atom is 0.221 e. The van der Waals surface area contributed by atoms with Crippen molar-refractivity contribution in [3.05, 3.63) is 45.0 Å². The first kappa shape index (κ1) is 12.3. The maximum atomic E-state index is 5.53. The van der Waals surface area contributed by atoms with E-state index >= 15 is 0 Å². The summed E-state index contributed by atoms with van der Waals surface area (Å²) in [5, 5.41) is 3.20. The Morgan fingerprint density at radius 3 is 2.88 bits per heavy atom. The Morgan fingerprint density at radius 1 is 1.29 bits per heavy atom. The van der Waals surface area contributed by atoms with E-state index in [1.807, 2.05) is 24.3 Å². The Balaban J connectivity index is 2.09. The van der Waals surface area contributed by atoms with Crippen LogP contribution < -0.4 is 11.1 Å². The van der Waals surface area contributed by atoms with Gasteiger partial charge in [-0.3, -0.25) is 0 Å². The van der Waals surface area contributed by atoms with Crippen molar-refractivity contribution in [3.8, 4) is 0 Å². The van der Waals surface area contributed by atoms with E-state index in [2.05, 4.69) is 47.1 Å². The topological polar surface area (TPSA) is 63.8 Å². The van der Waals surface area contributed by atoms with Gasteiger partial charge in [0.05, 0.1) is 4.47 Å². The van der Waals surface area contributed by atoms with Crippen LogP contribution in [0.2, 0.25) is 0 Å². The van der Waals surface area contributed by atoms with Gasteiger partial charge in [0.2, 0.25) is 5.95 Å². The number of nitrogens with two attached hydrogens (primary N) is 1. The largest absolute Gasteiger partial charge is 0.368 e. The number of halogens is 2. The third-order valence-electron chi connectivity index (χ3n) is 2.11. The molecule has 2 aromatic rings. The van der Waals surface area contributed by atoms with Crippen LogP contribution in [0.3, 0.4) is 0 Å². The number of nitrogens with zero attached hydrogens (tertiary/aromatic N) is 2. The van der Waals surface area contributed by atoms with E-state index in [9.17, 15) is 0 Å². The summed E-state index contributed by atoms with van der Waals surface area (Å²) < 4.78 is 1.85. The molecule has 1 aromatic heterocycles. The monoisotopic (exact) mass is 356 g/mol. The lowest BCUT2D eigenvalue weighted by molar-refractivity contribution is 1.08. The number of rotatable bonds is 3. The Kier molecular flexibility index (Phi) is 3.96. The molecule has 1 heterocycles. The molecule has 6 heteroatoms. The van der Waals surface area contributed by atoms with Gasteiger partial charge in [0.1, 0.15) is 5.82 Å². The van der Waals surface area contributed by atoms with Gasteiger partial charge in [-0.2, -0.15) is 4.98 Å². The molecule has 0 atom stereocenters. The number of aromatic nitrogens is 2. The van der Waals surface area contributed by atoms with Crippen molar-refractivity contribution >= 4 is 43.6 Å². The van der Waals surface area contributed by atoms with Crippen LogP contribution in [0.4, 0.5) is 11.8 Å². The van der Waals surface area contributed by atoms with Crippen LogP contribution in [-0.4, -0.2) is 9.97 Å². The molecule has 0 bridgehead atoms. The molecule has 4 nitrogen and oxygen atoms in total. The highest BCUT2D eigenvalue weighted by atomic mass is 79.9. The molecule has 1 aromatic carbocycles. The minimum Gasteiger partial charge on any atom is -0.368 e. The van der Waals surface area contributed by atoms with Crippen molar-refractivity contribution in [2.45, 2.75) is 6.54 Å². The molecule has 17 heavy (non-hydrogen) atoms. The summed E-state index contributed by atoms with van der Waals surface area (Å²) >= 11 is 6.80. The van der Waals surface area contributed by atoms with Crippen molar-refractivity contribution in [2.75, 3.05) is 11.1 Å². The molecule has 0 aliphatic rings. The molecule has 0 spiro atoms.